The predicted molar refractivity (Wildman–Crippen MR) is 237 cm³/mol. The first-order valence-corrected chi connectivity index (χ1v) is 19.7. The number of unbranched alkanes of at least 4 members (excludes halogenated alkanes) is 1. The van der Waals surface area contributed by atoms with Crippen LogP contribution in [0.5, 0.6) is 0 Å². The second-order valence-corrected chi connectivity index (χ2v) is 14.4. The Balaban J connectivity index is 1.17. The molecule has 0 aliphatic carbocycles. The van der Waals surface area contributed by atoms with E-state index in [2.05, 4.69) is 179 Å². The molecule has 0 fully saturated rings. The molecule has 2 aromatic heterocycles. The van der Waals surface area contributed by atoms with Crippen LogP contribution in [0.4, 0.5) is 0 Å². The van der Waals surface area contributed by atoms with Crippen molar-refractivity contribution in [2.75, 3.05) is 0 Å². The van der Waals surface area contributed by atoms with E-state index in [9.17, 15) is 0 Å². The van der Waals surface area contributed by atoms with E-state index in [1.807, 2.05) is 12.1 Å². The lowest BCUT2D eigenvalue weighted by Crippen LogP contribution is -2.08. The molecule has 0 unspecified atom stereocenters. The van der Waals surface area contributed by atoms with Gasteiger partial charge in [0.05, 0.1) is 11.4 Å². The van der Waals surface area contributed by atoms with Crippen LogP contribution in [0.15, 0.2) is 189 Å². The van der Waals surface area contributed by atoms with Crippen molar-refractivity contribution in [2.24, 2.45) is 4.99 Å². The molecule has 272 valence electrons. The normalized spacial score (nSPS) is 12.9. The maximum absolute atomic E-state index is 6.50. The van der Waals surface area contributed by atoms with Crippen molar-refractivity contribution in [3.05, 3.63) is 192 Å². The highest BCUT2D eigenvalue weighted by atomic mass is 16.3. The molecule has 0 radical (unpaired) electrons. The molecule has 9 aromatic rings. The van der Waals surface area contributed by atoms with Gasteiger partial charge in [0.15, 0.2) is 0 Å². The maximum atomic E-state index is 6.50. The summed E-state index contributed by atoms with van der Waals surface area (Å²) in [5.41, 5.74) is 15.8. The number of allylic oxidation sites excluding steroid dienone is 3. The van der Waals surface area contributed by atoms with Crippen LogP contribution in [0.2, 0.25) is 0 Å². The number of aliphatic imine (C=N–C) groups is 1. The summed E-state index contributed by atoms with van der Waals surface area (Å²) in [5, 5.41) is 4.40. The van der Waals surface area contributed by atoms with Crippen molar-refractivity contribution in [3.63, 3.8) is 0 Å². The highest BCUT2D eigenvalue weighted by Gasteiger charge is 2.19. The Hall–Kier alpha value is -6.71. The van der Waals surface area contributed by atoms with Crippen molar-refractivity contribution in [1.29, 1.82) is 0 Å². The molecule has 0 aliphatic heterocycles. The van der Waals surface area contributed by atoms with Crippen LogP contribution in [0.1, 0.15) is 56.7 Å². The highest BCUT2D eigenvalue weighted by molar-refractivity contribution is 6.19. The lowest BCUT2D eigenvalue weighted by atomic mass is 9.92. The fourth-order valence-corrected chi connectivity index (χ4v) is 8.05. The number of rotatable bonds is 10. The SMILES string of the molecule is CCC/C=C(/N=C(\C(CC)=C(/C)c1ccccc1)c1ccccc1)c1cccc(-c2ccc3oc4cccc(-c5cccc6c5oc5ccccc56)c4c3c2)c1. The Kier molecular flexibility index (Phi) is 9.51. The van der Waals surface area contributed by atoms with Gasteiger partial charge in [-0.3, -0.25) is 0 Å². The monoisotopic (exact) mass is 725 g/mol. The number of furan rings is 2. The third kappa shape index (κ3) is 6.46. The van der Waals surface area contributed by atoms with Crippen LogP contribution in [-0.2, 0) is 0 Å². The largest absolute Gasteiger partial charge is 0.456 e. The summed E-state index contributed by atoms with van der Waals surface area (Å²) >= 11 is 0. The number of fused-ring (bicyclic) bond motifs is 6. The standard InChI is InChI=1S/C53H43NO2/c1-4-6-28-47(54-52(37-20-11-8-12-21-37)41(5-2)35(3)36-18-9-7-10-19-36)40-23-15-22-38(33-40)39-31-32-49-46(34-39)51-43(25-17-30-50(51)55-49)45-27-16-26-44-42-24-13-14-29-48(42)56-53(44)45/h7-34H,4-6H2,1-3H3/b41-35+,47-28+,54-52-. The molecule has 0 saturated heterocycles. The van der Waals surface area contributed by atoms with Gasteiger partial charge in [0, 0.05) is 38.2 Å². The van der Waals surface area contributed by atoms with Gasteiger partial charge >= 0.3 is 0 Å². The summed E-state index contributed by atoms with van der Waals surface area (Å²) in [5.74, 6) is 0. The summed E-state index contributed by atoms with van der Waals surface area (Å²) in [6, 6.07) is 57.6. The lowest BCUT2D eigenvalue weighted by molar-refractivity contribution is 0.668. The lowest BCUT2D eigenvalue weighted by Gasteiger charge is -2.16. The number of nitrogens with zero attached hydrogens (tertiary/aromatic N) is 1. The van der Waals surface area contributed by atoms with Gasteiger partial charge in [0.1, 0.15) is 22.3 Å². The Bertz CT molecular complexity index is 2960. The molecule has 7 aromatic carbocycles. The molecule has 0 amide bonds. The van der Waals surface area contributed by atoms with Gasteiger partial charge in [-0.05, 0) is 83.5 Å². The molecule has 0 saturated carbocycles. The zero-order valence-corrected chi connectivity index (χ0v) is 32.1. The van der Waals surface area contributed by atoms with Gasteiger partial charge in [0.25, 0.3) is 0 Å². The Labute approximate surface area is 328 Å². The van der Waals surface area contributed by atoms with Crippen molar-refractivity contribution in [1.82, 2.24) is 0 Å². The van der Waals surface area contributed by atoms with Crippen LogP contribution in [0, 0.1) is 0 Å². The van der Waals surface area contributed by atoms with Crippen LogP contribution in [0.25, 0.3) is 77.4 Å². The van der Waals surface area contributed by atoms with Gasteiger partial charge in [-0.25, -0.2) is 4.99 Å². The average Bonchev–Trinajstić information content (AvgIpc) is 3.84. The van der Waals surface area contributed by atoms with E-state index in [-0.39, 0.29) is 0 Å². The highest BCUT2D eigenvalue weighted by Crippen LogP contribution is 2.42. The molecule has 0 N–H and O–H groups in total. The molecule has 56 heavy (non-hydrogen) atoms. The van der Waals surface area contributed by atoms with Crippen molar-refractivity contribution >= 4 is 60.9 Å². The second-order valence-electron chi connectivity index (χ2n) is 14.4. The minimum atomic E-state index is 0.856. The van der Waals surface area contributed by atoms with Crippen molar-refractivity contribution in [3.8, 4) is 22.3 Å². The number of para-hydroxylation sites is 2. The van der Waals surface area contributed by atoms with Gasteiger partial charge in [0.2, 0.25) is 0 Å². The smallest absolute Gasteiger partial charge is 0.143 e. The van der Waals surface area contributed by atoms with E-state index in [0.717, 1.165) is 108 Å². The van der Waals surface area contributed by atoms with E-state index in [1.54, 1.807) is 0 Å². The quantitative estimate of drug-likeness (QED) is 0.132. The molecular weight excluding hydrogens is 683 g/mol. The summed E-state index contributed by atoms with van der Waals surface area (Å²) in [7, 11) is 0. The van der Waals surface area contributed by atoms with Crippen LogP contribution in [-0.4, -0.2) is 5.71 Å². The number of hydrogen-bond acceptors (Lipinski definition) is 3. The zero-order valence-electron chi connectivity index (χ0n) is 32.1. The molecular formula is C53H43NO2. The van der Waals surface area contributed by atoms with E-state index in [4.69, 9.17) is 13.8 Å². The summed E-state index contributed by atoms with van der Waals surface area (Å²) < 4.78 is 13.0. The Morgan fingerprint density at radius 3 is 1.98 bits per heavy atom. The van der Waals surface area contributed by atoms with E-state index >= 15 is 0 Å². The van der Waals surface area contributed by atoms with E-state index in [0.29, 0.717) is 0 Å². The van der Waals surface area contributed by atoms with E-state index in [1.165, 1.54) is 16.7 Å². The Morgan fingerprint density at radius 2 is 1.18 bits per heavy atom. The van der Waals surface area contributed by atoms with E-state index < -0.39 is 0 Å². The molecule has 0 spiro atoms. The zero-order chi connectivity index (χ0) is 38.0. The minimum absolute atomic E-state index is 0.856. The summed E-state index contributed by atoms with van der Waals surface area (Å²) in [6.07, 6.45) is 5.13. The van der Waals surface area contributed by atoms with Gasteiger partial charge in [-0.2, -0.15) is 0 Å². The second kappa shape index (κ2) is 15.2. The predicted octanol–water partition coefficient (Wildman–Crippen LogP) is 15.3. The third-order valence-electron chi connectivity index (χ3n) is 10.9. The fraction of sp³-hybridized carbons (Fsp3) is 0.113. The molecule has 3 nitrogen and oxygen atoms in total. The van der Waals surface area contributed by atoms with Crippen molar-refractivity contribution in [2.45, 2.75) is 40.0 Å². The topological polar surface area (TPSA) is 38.6 Å². The molecule has 9 rings (SSSR count). The minimum Gasteiger partial charge on any atom is -0.456 e. The molecule has 0 aliphatic rings. The first kappa shape index (κ1) is 35.0. The third-order valence-corrected chi connectivity index (χ3v) is 10.9. The fourth-order valence-electron chi connectivity index (χ4n) is 8.05. The summed E-state index contributed by atoms with van der Waals surface area (Å²) in [6.45, 7) is 6.67. The van der Waals surface area contributed by atoms with Crippen LogP contribution < -0.4 is 0 Å². The van der Waals surface area contributed by atoms with Crippen molar-refractivity contribution < 1.29 is 8.83 Å². The number of hydrogen-bond donors (Lipinski definition) is 0. The first-order chi connectivity index (χ1) is 27.6. The molecule has 3 heteroatoms. The van der Waals surface area contributed by atoms with Gasteiger partial charge < -0.3 is 8.83 Å². The Morgan fingerprint density at radius 1 is 0.536 bits per heavy atom. The van der Waals surface area contributed by atoms with Crippen LogP contribution in [0.3, 0.4) is 0 Å². The van der Waals surface area contributed by atoms with Gasteiger partial charge in [-0.15, -0.1) is 0 Å². The van der Waals surface area contributed by atoms with Gasteiger partial charge in [-0.1, -0.05) is 160 Å². The summed E-state index contributed by atoms with van der Waals surface area (Å²) in [4.78, 5) is 5.57. The number of benzene rings is 7. The molecule has 0 atom stereocenters. The van der Waals surface area contributed by atoms with Crippen LogP contribution >= 0.6 is 0 Å². The average molecular weight is 726 g/mol. The molecule has 2 heterocycles. The first-order valence-electron chi connectivity index (χ1n) is 19.7. The maximum Gasteiger partial charge on any atom is 0.143 e. The molecule has 0 bridgehead atoms.